The summed E-state index contributed by atoms with van der Waals surface area (Å²) < 4.78 is 5.35. The third-order valence-corrected chi connectivity index (χ3v) is 3.92. The van der Waals surface area contributed by atoms with E-state index in [0.717, 1.165) is 0 Å². The SMILES string of the molecule is CC(NC(=O)C(NC(=O)c1ccccc1C(=O)OC(C)(C)C)C(C)(C)C)C(=O)O. The van der Waals surface area contributed by atoms with Crippen LogP contribution in [0.3, 0.4) is 0 Å². The minimum atomic E-state index is -1.19. The van der Waals surface area contributed by atoms with E-state index in [4.69, 9.17) is 9.84 Å². The van der Waals surface area contributed by atoms with Crippen molar-refractivity contribution in [2.75, 3.05) is 0 Å². The van der Waals surface area contributed by atoms with E-state index in [9.17, 15) is 19.2 Å². The second kappa shape index (κ2) is 9.07. The fourth-order valence-electron chi connectivity index (χ4n) is 2.43. The molecule has 0 radical (unpaired) electrons. The molecule has 2 unspecified atom stereocenters. The van der Waals surface area contributed by atoms with Gasteiger partial charge in [-0.1, -0.05) is 32.9 Å². The number of carbonyl (C=O) groups is 4. The Hall–Kier alpha value is -2.90. The van der Waals surface area contributed by atoms with Gasteiger partial charge in [-0.15, -0.1) is 0 Å². The first kappa shape index (κ1) is 24.1. The summed E-state index contributed by atoms with van der Waals surface area (Å²) in [4.78, 5) is 49.0. The molecule has 160 valence electrons. The van der Waals surface area contributed by atoms with Crippen LogP contribution in [0.15, 0.2) is 24.3 Å². The van der Waals surface area contributed by atoms with Crippen molar-refractivity contribution in [2.24, 2.45) is 5.41 Å². The fraction of sp³-hybridized carbons (Fsp3) is 0.524. The van der Waals surface area contributed by atoms with E-state index in [1.54, 1.807) is 53.7 Å². The standard InChI is InChI=1S/C21H30N2O6/c1-12(18(26)27)22-17(25)15(20(2,3)4)23-16(24)13-10-8-9-11-14(13)19(28)29-21(5,6)7/h8-12,15H,1-7H3,(H,22,25)(H,23,24)(H,26,27). The molecule has 0 aliphatic heterocycles. The fourth-order valence-corrected chi connectivity index (χ4v) is 2.43. The van der Waals surface area contributed by atoms with Crippen molar-refractivity contribution < 1.29 is 29.0 Å². The van der Waals surface area contributed by atoms with E-state index in [1.807, 2.05) is 0 Å². The third kappa shape index (κ3) is 7.21. The van der Waals surface area contributed by atoms with E-state index in [2.05, 4.69) is 10.6 Å². The summed E-state index contributed by atoms with van der Waals surface area (Å²) in [5, 5.41) is 14.0. The maximum Gasteiger partial charge on any atom is 0.339 e. The monoisotopic (exact) mass is 406 g/mol. The highest BCUT2D eigenvalue weighted by Crippen LogP contribution is 2.21. The number of ether oxygens (including phenoxy) is 1. The van der Waals surface area contributed by atoms with Crippen LogP contribution in [0.25, 0.3) is 0 Å². The molecule has 0 saturated carbocycles. The lowest BCUT2D eigenvalue weighted by molar-refractivity contribution is -0.142. The number of nitrogens with one attached hydrogen (secondary N) is 2. The number of aliphatic carboxylic acids is 1. The van der Waals surface area contributed by atoms with Crippen LogP contribution in [-0.4, -0.2) is 46.5 Å². The van der Waals surface area contributed by atoms with Gasteiger partial charge in [0, 0.05) is 0 Å². The van der Waals surface area contributed by atoms with Gasteiger partial charge in [0.2, 0.25) is 5.91 Å². The second-order valence-electron chi connectivity index (χ2n) is 8.89. The Morgan fingerprint density at radius 2 is 1.45 bits per heavy atom. The van der Waals surface area contributed by atoms with Crippen molar-refractivity contribution in [2.45, 2.75) is 66.2 Å². The molecular formula is C21H30N2O6. The van der Waals surface area contributed by atoms with Crippen molar-refractivity contribution in [1.29, 1.82) is 0 Å². The minimum Gasteiger partial charge on any atom is -0.480 e. The number of carbonyl (C=O) groups excluding carboxylic acids is 3. The lowest BCUT2D eigenvalue weighted by atomic mass is 9.85. The van der Waals surface area contributed by atoms with E-state index >= 15 is 0 Å². The van der Waals surface area contributed by atoms with Crippen LogP contribution in [0, 0.1) is 5.41 Å². The van der Waals surface area contributed by atoms with Gasteiger partial charge in [0.05, 0.1) is 11.1 Å². The largest absolute Gasteiger partial charge is 0.480 e. The maximum absolute atomic E-state index is 12.9. The summed E-state index contributed by atoms with van der Waals surface area (Å²) in [6.07, 6.45) is 0. The lowest BCUT2D eigenvalue weighted by Crippen LogP contribution is -2.56. The van der Waals surface area contributed by atoms with Gasteiger partial charge >= 0.3 is 11.9 Å². The van der Waals surface area contributed by atoms with Crippen molar-refractivity contribution in [3.63, 3.8) is 0 Å². The summed E-state index contributed by atoms with van der Waals surface area (Å²) in [5.41, 5.74) is -1.30. The summed E-state index contributed by atoms with van der Waals surface area (Å²) >= 11 is 0. The van der Waals surface area contributed by atoms with Crippen LogP contribution in [-0.2, 0) is 14.3 Å². The highest BCUT2D eigenvalue weighted by Gasteiger charge is 2.35. The molecule has 0 aliphatic rings. The topological polar surface area (TPSA) is 122 Å². The van der Waals surface area contributed by atoms with Crippen LogP contribution in [0.1, 0.15) is 69.2 Å². The van der Waals surface area contributed by atoms with Gasteiger partial charge in [0.1, 0.15) is 17.7 Å². The van der Waals surface area contributed by atoms with Gasteiger partial charge in [-0.25, -0.2) is 4.79 Å². The van der Waals surface area contributed by atoms with Crippen LogP contribution < -0.4 is 10.6 Å². The average Bonchev–Trinajstić information content (AvgIpc) is 2.56. The van der Waals surface area contributed by atoms with Crippen LogP contribution in [0.2, 0.25) is 0 Å². The molecule has 2 amide bonds. The van der Waals surface area contributed by atoms with Gasteiger partial charge in [0.25, 0.3) is 5.91 Å². The molecule has 8 nitrogen and oxygen atoms in total. The number of esters is 1. The number of amides is 2. The molecule has 1 aromatic rings. The molecule has 0 aromatic heterocycles. The first-order chi connectivity index (χ1) is 13.1. The summed E-state index contributed by atoms with van der Waals surface area (Å²) in [5.74, 6) is -3.10. The first-order valence-electron chi connectivity index (χ1n) is 9.30. The summed E-state index contributed by atoms with van der Waals surface area (Å²) in [6.45, 7) is 11.7. The molecule has 8 heteroatoms. The van der Waals surface area contributed by atoms with Crippen molar-refractivity contribution in [3.8, 4) is 0 Å². The van der Waals surface area contributed by atoms with E-state index < -0.39 is 46.9 Å². The zero-order valence-corrected chi connectivity index (χ0v) is 18.0. The Morgan fingerprint density at radius 1 is 0.931 bits per heavy atom. The minimum absolute atomic E-state index is 0.0649. The molecule has 3 N–H and O–H groups in total. The van der Waals surface area contributed by atoms with Gasteiger partial charge in [-0.3, -0.25) is 14.4 Å². The van der Waals surface area contributed by atoms with Crippen molar-refractivity contribution >= 4 is 23.8 Å². The van der Waals surface area contributed by atoms with Gasteiger partial charge in [0.15, 0.2) is 0 Å². The molecule has 2 atom stereocenters. The normalized spacial score (nSPS) is 13.8. The quantitative estimate of drug-likeness (QED) is 0.624. The Morgan fingerprint density at radius 3 is 1.90 bits per heavy atom. The van der Waals surface area contributed by atoms with Crippen molar-refractivity contribution in [3.05, 3.63) is 35.4 Å². The Balaban J connectivity index is 3.15. The molecular weight excluding hydrogens is 376 g/mol. The molecule has 0 bridgehead atoms. The maximum atomic E-state index is 12.9. The van der Waals surface area contributed by atoms with Crippen LogP contribution >= 0.6 is 0 Å². The molecule has 0 saturated heterocycles. The van der Waals surface area contributed by atoms with E-state index in [1.165, 1.54) is 19.1 Å². The Kier molecular flexibility index (Phi) is 7.55. The Labute approximate surface area is 171 Å². The zero-order chi connectivity index (χ0) is 22.6. The predicted octanol–water partition coefficient (Wildman–Crippen LogP) is 2.38. The van der Waals surface area contributed by atoms with Crippen LogP contribution in [0.5, 0.6) is 0 Å². The second-order valence-corrected chi connectivity index (χ2v) is 8.89. The predicted molar refractivity (Wildman–Crippen MR) is 108 cm³/mol. The number of benzene rings is 1. The smallest absolute Gasteiger partial charge is 0.339 e. The van der Waals surface area contributed by atoms with Crippen LogP contribution in [0.4, 0.5) is 0 Å². The number of rotatable bonds is 6. The van der Waals surface area contributed by atoms with E-state index in [0.29, 0.717) is 0 Å². The molecule has 1 rings (SSSR count). The molecule has 0 aliphatic carbocycles. The molecule has 0 spiro atoms. The first-order valence-corrected chi connectivity index (χ1v) is 9.30. The van der Waals surface area contributed by atoms with E-state index in [-0.39, 0.29) is 11.1 Å². The van der Waals surface area contributed by atoms with Gasteiger partial charge in [-0.05, 0) is 45.2 Å². The summed E-state index contributed by atoms with van der Waals surface area (Å²) in [7, 11) is 0. The molecule has 29 heavy (non-hydrogen) atoms. The average molecular weight is 406 g/mol. The van der Waals surface area contributed by atoms with Gasteiger partial charge < -0.3 is 20.5 Å². The number of hydrogen-bond donors (Lipinski definition) is 3. The zero-order valence-electron chi connectivity index (χ0n) is 18.0. The number of carboxylic acid groups (broad SMARTS) is 1. The number of carboxylic acids is 1. The molecule has 0 fully saturated rings. The highest BCUT2D eigenvalue weighted by atomic mass is 16.6. The third-order valence-electron chi connectivity index (χ3n) is 3.92. The molecule has 1 aromatic carbocycles. The number of hydrogen-bond acceptors (Lipinski definition) is 5. The highest BCUT2D eigenvalue weighted by molar-refractivity contribution is 6.06. The van der Waals surface area contributed by atoms with Crippen molar-refractivity contribution in [1.82, 2.24) is 10.6 Å². The summed E-state index contributed by atoms with van der Waals surface area (Å²) in [6, 6.07) is 4.01. The molecule has 0 heterocycles. The Bertz CT molecular complexity index is 789. The lowest BCUT2D eigenvalue weighted by Gasteiger charge is -2.31. The van der Waals surface area contributed by atoms with Gasteiger partial charge in [-0.2, -0.15) is 0 Å².